The van der Waals surface area contributed by atoms with E-state index >= 15 is 0 Å². The highest BCUT2D eigenvalue weighted by molar-refractivity contribution is 6.33. The lowest BCUT2D eigenvalue weighted by atomic mass is 10.0. The van der Waals surface area contributed by atoms with Crippen LogP contribution >= 0.6 is 11.6 Å². The third kappa shape index (κ3) is 2.73. The van der Waals surface area contributed by atoms with Gasteiger partial charge in [0.15, 0.2) is 0 Å². The molecule has 0 radical (unpaired) electrons. The topological polar surface area (TPSA) is 20.3 Å². The molecule has 3 rings (SSSR count). The molecule has 1 amide bonds. The number of benzene rings is 2. The van der Waals surface area contributed by atoms with Gasteiger partial charge < -0.3 is 4.90 Å². The first-order chi connectivity index (χ1) is 10.6. The molecule has 2 nitrogen and oxygen atoms in total. The Bertz CT molecular complexity index is 696. The number of nitrogens with zero attached hydrogens (tertiary/aromatic N) is 1. The normalized spacial score (nSPS) is 17.8. The summed E-state index contributed by atoms with van der Waals surface area (Å²) in [6, 6.07) is 12.4. The highest BCUT2D eigenvalue weighted by atomic mass is 35.5. The Morgan fingerprint density at radius 1 is 1.27 bits per heavy atom. The summed E-state index contributed by atoms with van der Waals surface area (Å²) in [6.45, 7) is 2.65. The van der Waals surface area contributed by atoms with Crippen molar-refractivity contribution in [3.8, 4) is 0 Å². The number of carbonyl (C=O) groups excluding carboxylic acids is 1. The SMILES string of the molecule is Cc1cccc([C@H]2CCCN2C(=O)c2c(F)cccc2Cl)c1. The molecule has 4 heteroatoms. The van der Waals surface area contributed by atoms with E-state index in [-0.39, 0.29) is 22.5 Å². The van der Waals surface area contributed by atoms with Gasteiger partial charge in [-0.15, -0.1) is 0 Å². The number of hydrogen-bond acceptors (Lipinski definition) is 1. The minimum Gasteiger partial charge on any atom is -0.331 e. The number of halogens is 2. The maximum absolute atomic E-state index is 14.0. The third-order valence-corrected chi connectivity index (χ3v) is 4.43. The maximum atomic E-state index is 14.0. The molecule has 1 aliphatic heterocycles. The molecule has 1 fully saturated rings. The molecule has 1 heterocycles. The van der Waals surface area contributed by atoms with Gasteiger partial charge in [0.25, 0.3) is 5.91 Å². The molecule has 0 aromatic heterocycles. The average molecular weight is 318 g/mol. The van der Waals surface area contributed by atoms with Crippen LogP contribution < -0.4 is 0 Å². The smallest absolute Gasteiger partial charge is 0.258 e. The van der Waals surface area contributed by atoms with Crippen LogP contribution in [0, 0.1) is 12.7 Å². The number of likely N-dealkylation sites (tertiary alicyclic amines) is 1. The fraction of sp³-hybridized carbons (Fsp3) is 0.278. The summed E-state index contributed by atoms with van der Waals surface area (Å²) in [5.41, 5.74) is 2.22. The summed E-state index contributed by atoms with van der Waals surface area (Å²) in [4.78, 5) is 14.5. The van der Waals surface area contributed by atoms with Crippen molar-refractivity contribution in [2.45, 2.75) is 25.8 Å². The zero-order chi connectivity index (χ0) is 15.7. The molecular weight excluding hydrogens is 301 g/mol. The fourth-order valence-corrected chi connectivity index (χ4v) is 3.32. The zero-order valence-corrected chi connectivity index (χ0v) is 13.1. The Labute approximate surface area is 134 Å². The minimum atomic E-state index is -0.563. The van der Waals surface area contributed by atoms with Crippen molar-refractivity contribution in [2.75, 3.05) is 6.54 Å². The first kappa shape index (κ1) is 15.0. The highest BCUT2D eigenvalue weighted by Gasteiger charge is 2.32. The summed E-state index contributed by atoms with van der Waals surface area (Å²) in [7, 11) is 0. The van der Waals surface area contributed by atoms with Gasteiger partial charge in [0, 0.05) is 6.54 Å². The molecule has 2 aromatic carbocycles. The maximum Gasteiger partial charge on any atom is 0.258 e. The van der Waals surface area contributed by atoms with Gasteiger partial charge in [-0.3, -0.25) is 4.79 Å². The number of hydrogen-bond donors (Lipinski definition) is 0. The number of rotatable bonds is 2. The second-order valence-electron chi connectivity index (χ2n) is 5.67. The van der Waals surface area contributed by atoms with Crippen molar-refractivity contribution in [3.05, 3.63) is 70.0 Å². The monoisotopic (exact) mass is 317 g/mol. The quantitative estimate of drug-likeness (QED) is 0.781. The largest absolute Gasteiger partial charge is 0.331 e. The number of aryl methyl sites for hydroxylation is 1. The molecule has 1 saturated heterocycles. The molecule has 22 heavy (non-hydrogen) atoms. The minimum absolute atomic E-state index is 0.0110. The van der Waals surface area contributed by atoms with Gasteiger partial charge in [-0.25, -0.2) is 4.39 Å². The summed E-state index contributed by atoms with van der Waals surface area (Å²) in [5, 5.41) is 0.167. The molecule has 0 spiro atoms. The molecule has 0 saturated carbocycles. The first-order valence-corrected chi connectivity index (χ1v) is 7.77. The Hall–Kier alpha value is -1.87. The predicted molar refractivity (Wildman–Crippen MR) is 85.6 cm³/mol. The van der Waals surface area contributed by atoms with Gasteiger partial charge in [-0.1, -0.05) is 47.5 Å². The van der Waals surface area contributed by atoms with Crippen LogP contribution in [-0.4, -0.2) is 17.4 Å². The van der Waals surface area contributed by atoms with Gasteiger partial charge in [-0.2, -0.15) is 0 Å². The van der Waals surface area contributed by atoms with Gasteiger partial charge in [0.05, 0.1) is 16.6 Å². The first-order valence-electron chi connectivity index (χ1n) is 7.39. The third-order valence-electron chi connectivity index (χ3n) is 4.12. The van der Waals surface area contributed by atoms with E-state index in [0.717, 1.165) is 24.0 Å². The standard InChI is InChI=1S/C18H17ClFNO/c1-12-5-2-6-13(11-12)16-9-4-10-21(16)18(22)17-14(19)7-3-8-15(17)20/h2-3,5-8,11,16H,4,9-10H2,1H3/t16-/m1/s1. The van der Waals surface area contributed by atoms with Crippen LogP contribution in [0.15, 0.2) is 42.5 Å². The van der Waals surface area contributed by atoms with E-state index < -0.39 is 5.82 Å². The Balaban J connectivity index is 1.95. The van der Waals surface area contributed by atoms with Crippen LogP contribution in [0.4, 0.5) is 4.39 Å². The van der Waals surface area contributed by atoms with E-state index in [1.54, 1.807) is 11.0 Å². The van der Waals surface area contributed by atoms with E-state index in [2.05, 4.69) is 6.07 Å². The average Bonchev–Trinajstić information content (AvgIpc) is 2.96. The number of amides is 1. The molecule has 0 N–H and O–H groups in total. The fourth-order valence-electron chi connectivity index (χ4n) is 3.08. The molecule has 0 unspecified atom stereocenters. The second kappa shape index (κ2) is 6.09. The highest BCUT2D eigenvalue weighted by Crippen LogP contribution is 2.34. The molecule has 0 aliphatic carbocycles. The van der Waals surface area contributed by atoms with Gasteiger partial charge in [0.1, 0.15) is 5.82 Å². The molecule has 1 aliphatic rings. The Morgan fingerprint density at radius 3 is 2.77 bits per heavy atom. The van der Waals surface area contributed by atoms with Gasteiger partial charge in [0.2, 0.25) is 0 Å². The Kier molecular flexibility index (Phi) is 4.16. The lowest BCUT2D eigenvalue weighted by Gasteiger charge is -2.26. The molecule has 0 bridgehead atoms. The van der Waals surface area contributed by atoms with Crippen LogP contribution in [0.5, 0.6) is 0 Å². The van der Waals surface area contributed by atoms with E-state index in [9.17, 15) is 9.18 Å². The lowest BCUT2D eigenvalue weighted by Crippen LogP contribution is -2.31. The number of carbonyl (C=O) groups is 1. The summed E-state index contributed by atoms with van der Waals surface area (Å²) in [5.74, 6) is -0.889. The van der Waals surface area contributed by atoms with Crippen LogP contribution in [0.2, 0.25) is 5.02 Å². The van der Waals surface area contributed by atoms with Crippen molar-refractivity contribution < 1.29 is 9.18 Å². The van der Waals surface area contributed by atoms with Gasteiger partial charge in [-0.05, 0) is 37.5 Å². The van der Waals surface area contributed by atoms with E-state index in [1.807, 2.05) is 25.1 Å². The molecule has 2 aromatic rings. The zero-order valence-electron chi connectivity index (χ0n) is 12.4. The van der Waals surface area contributed by atoms with Crippen molar-refractivity contribution in [1.29, 1.82) is 0 Å². The van der Waals surface area contributed by atoms with Crippen molar-refractivity contribution in [3.63, 3.8) is 0 Å². The second-order valence-corrected chi connectivity index (χ2v) is 6.07. The van der Waals surface area contributed by atoms with Crippen LogP contribution in [0.1, 0.15) is 40.4 Å². The van der Waals surface area contributed by atoms with Crippen LogP contribution in [0.3, 0.4) is 0 Å². The van der Waals surface area contributed by atoms with Crippen LogP contribution in [-0.2, 0) is 0 Å². The van der Waals surface area contributed by atoms with Gasteiger partial charge >= 0.3 is 0 Å². The van der Waals surface area contributed by atoms with E-state index in [0.29, 0.717) is 6.54 Å². The van der Waals surface area contributed by atoms with Crippen molar-refractivity contribution in [2.24, 2.45) is 0 Å². The molecule has 1 atom stereocenters. The molecular formula is C18H17ClFNO. The van der Waals surface area contributed by atoms with Crippen LogP contribution in [0.25, 0.3) is 0 Å². The Morgan fingerprint density at radius 2 is 2.05 bits per heavy atom. The van der Waals surface area contributed by atoms with Crippen molar-refractivity contribution >= 4 is 17.5 Å². The van der Waals surface area contributed by atoms with E-state index in [4.69, 9.17) is 11.6 Å². The lowest BCUT2D eigenvalue weighted by molar-refractivity contribution is 0.0731. The van der Waals surface area contributed by atoms with Crippen molar-refractivity contribution in [1.82, 2.24) is 4.90 Å². The summed E-state index contributed by atoms with van der Waals surface area (Å²) >= 11 is 6.03. The summed E-state index contributed by atoms with van der Waals surface area (Å²) in [6.07, 6.45) is 1.80. The predicted octanol–water partition coefficient (Wildman–Crippen LogP) is 4.76. The van der Waals surface area contributed by atoms with E-state index in [1.165, 1.54) is 12.1 Å². The molecule has 114 valence electrons. The summed E-state index contributed by atoms with van der Waals surface area (Å²) < 4.78 is 14.0.